The van der Waals surface area contributed by atoms with Crippen molar-refractivity contribution in [2.75, 3.05) is 4.72 Å². The van der Waals surface area contributed by atoms with Crippen molar-refractivity contribution in [1.82, 2.24) is 10.3 Å². The minimum absolute atomic E-state index is 0.258. The molecule has 0 bridgehead atoms. The SMILES string of the molecule is O=S(=O)(Nc1ccccc1)c1c[nH]c(CNC2CC2)c1. The number of aromatic amines is 1. The van der Waals surface area contributed by atoms with Gasteiger partial charge in [-0.3, -0.25) is 4.72 Å². The van der Waals surface area contributed by atoms with Crippen LogP contribution in [0, 0.1) is 0 Å². The summed E-state index contributed by atoms with van der Waals surface area (Å²) in [4.78, 5) is 3.26. The predicted octanol–water partition coefficient (Wildman–Crippen LogP) is 2.07. The third-order valence-electron chi connectivity index (χ3n) is 3.21. The predicted molar refractivity (Wildman–Crippen MR) is 77.9 cm³/mol. The molecule has 1 aromatic carbocycles. The summed E-state index contributed by atoms with van der Waals surface area (Å²) in [5, 5.41) is 3.34. The number of rotatable bonds is 6. The first-order chi connectivity index (χ1) is 9.63. The highest BCUT2D eigenvalue weighted by molar-refractivity contribution is 7.92. The van der Waals surface area contributed by atoms with Crippen LogP contribution in [-0.2, 0) is 16.6 Å². The van der Waals surface area contributed by atoms with Crippen LogP contribution in [0.5, 0.6) is 0 Å². The molecule has 1 fully saturated rings. The number of anilines is 1. The van der Waals surface area contributed by atoms with E-state index in [2.05, 4.69) is 15.0 Å². The van der Waals surface area contributed by atoms with E-state index in [4.69, 9.17) is 0 Å². The van der Waals surface area contributed by atoms with Crippen LogP contribution in [0.2, 0.25) is 0 Å². The molecule has 0 saturated heterocycles. The van der Waals surface area contributed by atoms with Crippen molar-refractivity contribution in [2.45, 2.75) is 30.3 Å². The molecule has 1 aliphatic rings. The van der Waals surface area contributed by atoms with Gasteiger partial charge < -0.3 is 10.3 Å². The van der Waals surface area contributed by atoms with E-state index in [1.807, 2.05) is 6.07 Å². The molecule has 0 unspecified atom stereocenters. The van der Waals surface area contributed by atoms with Crippen LogP contribution in [0.15, 0.2) is 47.5 Å². The topological polar surface area (TPSA) is 74.0 Å². The number of aromatic nitrogens is 1. The van der Waals surface area contributed by atoms with Crippen LogP contribution in [0.4, 0.5) is 5.69 Å². The van der Waals surface area contributed by atoms with Gasteiger partial charge in [0.2, 0.25) is 0 Å². The number of hydrogen-bond acceptors (Lipinski definition) is 3. The second-order valence-corrected chi connectivity index (χ2v) is 6.67. The fraction of sp³-hybridized carbons (Fsp3) is 0.286. The minimum Gasteiger partial charge on any atom is -0.363 e. The molecule has 20 heavy (non-hydrogen) atoms. The number of sulfonamides is 1. The second-order valence-electron chi connectivity index (χ2n) is 4.99. The Balaban J connectivity index is 1.70. The molecule has 6 heteroatoms. The molecule has 5 nitrogen and oxygen atoms in total. The second kappa shape index (κ2) is 5.30. The first-order valence-corrected chi connectivity index (χ1v) is 8.10. The minimum atomic E-state index is -3.52. The summed E-state index contributed by atoms with van der Waals surface area (Å²) >= 11 is 0. The van der Waals surface area contributed by atoms with Crippen LogP contribution in [-0.4, -0.2) is 19.4 Å². The van der Waals surface area contributed by atoms with Crippen molar-refractivity contribution in [3.63, 3.8) is 0 Å². The summed E-state index contributed by atoms with van der Waals surface area (Å²) in [5.74, 6) is 0. The molecule has 1 heterocycles. The molecular formula is C14H17N3O2S. The maximum absolute atomic E-state index is 12.2. The number of H-pyrrole nitrogens is 1. The lowest BCUT2D eigenvalue weighted by atomic mass is 10.3. The molecule has 0 aliphatic heterocycles. The molecule has 3 rings (SSSR count). The van der Waals surface area contributed by atoms with E-state index in [-0.39, 0.29) is 4.90 Å². The maximum atomic E-state index is 12.2. The van der Waals surface area contributed by atoms with Crippen molar-refractivity contribution < 1.29 is 8.42 Å². The lowest BCUT2D eigenvalue weighted by Gasteiger charge is -2.05. The van der Waals surface area contributed by atoms with Crippen LogP contribution in [0.25, 0.3) is 0 Å². The molecule has 0 atom stereocenters. The Kier molecular flexibility index (Phi) is 3.50. The van der Waals surface area contributed by atoms with Gasteiger partial charge in [-0.05, 0) is 31.0 Å². The van der Waals surface area contributed by atoms with E-state index in [1.54, 1.807) is 30.3 Å². The Hall–Kier alpha value is -1.79. The molecule has 1 aromatic heterocycles. The normalized spacial score (nSPS) is 15.2. The fourth-order valence-electron chi connectivity index (χ4n) is 1.94. The molecule has 106 valence electrons. The monoisotopic (exact) mass is 291 g/mol. The van der Waals surface area contributed by atoms with Gasteiger partial charge in [-0.15, -0.1) is 0 Å². The molecule has 1 saturated carbocycles. The Bertz CT molecular complexity index is 675. The summed E-state index contributed by atoms with van der Waals surface area (Å²) in [5.41, 5.74) is 1.44. The average Bonchev–Trinajstić information content (AvgIpc) is 3.13. The number of para-hydroxylation sites is 1. The first kappa shape index (κ1) is 13.2. The first-order valence-electron chi connectivity index (χ1n) is 6.62. The van der Waals surface area contributed by atoms with Gasteiger partial charge in [0.15, 0.2) is 0 Å². The zero-order valence-corrected chi connectivity index (χ0v) is 11.8. The lowest BCUT2D eigenvalue weighted by Crippen LogP contribution is -2.15. The zero-order chi connectivity index (χ0) is 14.0. The Morgan fingerprint density at radius 2 is 1.95 bits per heavy atom. The van der Waals surface area contributed by atoms with Crippen LogP contribution in [0.3, 0.4) is 0 Å². The Labute approximate surface area is 118 Å². The van der Waals surface area contributed by atoms with E-state index < -0.39 is 10.0 Å². The highest BCUT2D eigenvalue weighted by atomic mass is 32.2. The van der Waals surface area contributed by atoms with Gasteiger partial charge in [0.1, 0.15) is 4.90 Å². The van der Waals surface area contributed by atoms with Gasteiger partial charge in [0.05, 0.1) is 0 Å². The van der Waals surface area contributed by atoms with Gasteiger partial charge in [-0.1, -0.05) is 18.2 Å². The van der Waals surface area contributed by atoms with Gasteiger partial charge >= 0.3 is 0 Å². The zero-order valence-electron chi connectivity index (χ0n) is 11.0. The van der Waals surface area contributed by atoms with Gasteiger partial charge in [0.25, 0.3) is 10.0 Å². The largest absolute Gasteiger partial charge is 0.363 e. The van der Waals surface area contributed by atoms with Crippen molar-refractivity contribution >= 4 is 15.7 Å². The quantitative estimate of drug-likeness (QED) is 0.762. The van der Waals surface area contributed by atoms with Gasteiger partial charge in [-0.2, -0.15) is 0 Å². The Morgan fingerprint density at radius 1 is 1.20 bits per heavy atom. The van der Waals surface area contributed by atoms with Crippen LogP contribution in [0.1, 0.15) is 18.5 Å². The van der Waals surface area contributed by atoms with Crippen LogP contribution < -0.4 is 10.0 Å². The van der Waals surface area contributed by atoms with Crippen molar-refractivity contribution in [3.05, 3.63) is 48.3 Å². The van der Waals surface area contributed by atoms with Crippen molar-refractivity contribution in [1.29, 1.82) is 0 Å². The number of benzene rings is 1. The standard InChI is InChI=1S/C14H17N3O2S/c18-20(19,17-12-4-2-1-3-5-12)14-8-13(16-10-14)9-15-11-6-7-11/h1-5,8,10-11,15-17H,6-7,9H2. The maximum Gasteiger partial charge on any atom is 0.263 e. The van der Waals surface area contributed by atoms with E-state index in [9.17, 15) is 8.42 Å². The smallest absolute Gasteiger partial charge is 0.263 e. The summed E-state index contributed by atoms with van der Waals surface area (Å²) in [6.07, 6.45) is 3.94. The summed E-state index contributed by atoms with van der Waals surface area (Å²) in [6.45, 7) is 0.672. The van der Waals surface area contributed by atoms with E-state index >= 15 is 0 Å². The average molecular weight is 291 g/mol. The van der Waals surface area contributed by atoms with E-state index in [1.165, 1.54) is 19.0 Å². The third kappa shape index (κ3) is 3.20. The summed E-state index contributed by atoms with van der Waals surface area (Å²) in [6, 6.07) is 11.1. The molecular weight excluding hydrogens is 274 g/mol. The van der Waals surface area contributed by atoms with Gasteiger partial charge in [-0.25, -0.2) is 8.42 Å². The Morgan fingerprint density at radius 3 is 2.65 bits per heavy atom. The molecule has 0 amide bonds. The number of hydrogen-bond donors (Lipinski definition) is 3. The van der Waals surface area contributed by atoms with Gasteiger partial charge in [0, 0.05) is 30.2 Å². The molecule has 2 aromatic rings. The molecule has 3 N–H and O–H groups in total. The summed E-state index contributed by atoms with van der Waals surface area (Å²) < 4.78 is 27.0. The highest BCUT2D eigenvalue weighted by Gasteiger charge is 2.21. The highest BCUT2D eigenvalue weighted by Crippen LogP contribution is 2.20. The molecule has 0 spiro atoms. The fourth-order valence-corrected chi connectivity index (χ4v) is 3.01. The van der Waals surface area contributed by atoms with E-state index in [0.717, 1.165) is 5.69 Å². The van der Waals surface area contributed by atoms with E-state index in [0.29, 0.717) is 18.3 Å². The van der Waals surface area contributed by atoms with Crippen molar-refractivity contribution in [2.24, 2.45) is 0 Å². The third-order valence-corrected chi connectivity index (χ3v) is 4.57. The lowest BCUT2D eigenvalue weighted by molar-refractivity contribution is 0.601. The molecule has 1 aliphatic carbocycles. The molecule has 0 radical (unpaired) electrons. The summed E-state index contributed by atoms with van der Waals surface area (Å²) in [7, 11) is -3.52. The van der Waals surface area contributed by atoms with Crippen LogP contribution >= 0.6 is 0 Å². The van der Waals surface area contributed by atoms with Crippen molar-refractivity contribution in [3.8, 4) is 0 Å². The number of nitrogens with one attached hydrogen (secondary N) is 3.